The van der Waals surface area contributed by atoms with Gasteiger partial charge in [0.1, 0.15) is 0 Å². The van der Waals surface area contributed by atoms with Crippen molar-refractivity contribution in [2.45, 2.75) is 118 Å². The van der Waals surface area contributed by atoms with Crippen molar-refractivity contribution in [3.8, 4) is 0 Å². The van der Waals surface area contributed by atoms with Crippen LogP contribution in [0.25, 0.3) is 0 Å². The van der Waals surface area contributed by atoms with Gasteiger partial charge in [-0.25, -0.2) is 0 Å². The summed E-state index contributed by atoms with van der Waals surface area (Å²) in [5.41, 5.74) is 0.754. The van der Waals surface area contributed by atoms with Crippen molar-refractivity contribution >= 4 is 5.97 Å². The van der Waals surface area contributed by atoms with Gasteiger partial charge in [0.2, 0.25) is 0 Å². The number of fused-ring (bicyclic) bond motifs is 7. The number of hydrogen-bond acceptors (Lipinski definition) is 3. The molecule has 4 fully saturated rings. The lowest BCUT2D eigenvalue weighted by Crippen LogP contribution is -2.67. The summed E-state index contributed by atoms with van der Waals surface area (Å²) in [5, 5.41) is 32.4. The maximum Gasteiger partial charge on any atom is 0.310 e. The number of carboxylic acid groups (broad SMARTS) is 1. The van der Waals surface area contributed by atoms with Crippen molar-refractivity contribution < 1.29 is 20.1 Å². The van der Waals surface area contributed by atoms with E-state index in [2.05, 4.69) is 54.5 Å². The quantitative estimate of drug-likeness (QED) is 0.397. The number of aliphatic hydroxyl groups is 2. The van der Waals surface area contributed by atoms with E-state index in [1.54, 1.807) is 0 Å². The van der Waals surface area contributed by atoms with E-state index in [1.807, 2.05) is 0 Å². The van der Waals surface area contributed by atoms with Crippen molar-refractivity contribution in [3.05, 3.63) is 11.6 Å². The summed E-state index contributed by atoms with van der Waals surface area (Å²) in [6, 6.07) is 0. The van der Waals surface area contributed by atoms with Crippen LogP contribution in [0.3, 0.4) is 0 Å². The van der Waals surface area contributed by atoms with Gasteiger partial charge in [-0.05, 0) is 103 Å². The molecule has 0 radical (unpaired) electrons. The zero-order chi connectivity index (χ0) is 25.1. The second-order valence-corrected chi connectivity index (χ2v) is 15.2. The van der Waals surface area contributed by atoms with Crippen LogP contribution < -0.4 is 0 Å². The first-order chi connectivity index (χ1) is 15.6. The standard InChI is InChI=1S/C30H48O4/c1-25(2)12-14-30(24(33)34)15-13-28(6)18(19(30)16-25)8-9-22-27(5)17-20(31)23(32)26(3,4)21(27)10-11-29(22,28)7/h8,19-23,31-32H,9-17H2,1-7H3,(H,33,34)/t19?,20-,21?,22?,23+,27+,28-,29-,30+/m1/s1. The maximum absolute atomic E-state index is 12.8. The Morgan fingerprint density at radius 3 is 2.18 bits per heavy atom. The van der Waals surface area contributed by atoms with Gasteiger partial charge in [0.05, 0.1) is 17.6 Å². The number of allylic oxidation sites excluding steroid dienone is 2. The minimum atomic E-state index is -0.679. The fraction of sp³-hybridized carbons (Fsp3) is 0.900. The Hall–Kier alpha value is -0.870. The third kappa shape index (κ3) is 2.88. The molecule has 0 aromatic heterocycles. The molecule has 3 N–H and O–H groups in total. The molecular weight excluding hydrogens is 424 g/mol. The fourth-order valence-electron chi connectivity index (χ4n) is 10.8. The molecule has 4 heteroatoms. The van der Waals surface area contributed by atoms with Crippen LogP contribution in [-0.2, 0) is 4.79 Å². The molecule has 0 amide bonds. The molecule has 3 unspecified atom stereocenters. The predicted molar refractivity (Wildman–Crippen MR) is 134 cm³/mol. The highest BCUT2D eigenvalue weighted by molar-refractivity contribution is 5.76. The Labute approximate surface area is 206 Å². The van der Waals surface area contributed by atoms with E-state index in [-0.39, 0.29) is 33.0 Å². The first-order valence-electron chi connectivity index (χ1n) is 13.9. The maximum atomic E-state index is 12.8. The lowest BCUT2D eigenvalue weighted by Gasteiger charge is -2.71. The van der Waals surface area contributed by atoms with Crippen LogP contribution in [0.4, 0.5) is 0 Å². The summed E-state index contributed by atoms with van der Waals surface area (Å²) in [5.74, 6) is 0.365. The van der Waals surface area contributed by atoms with E-state index < -0.39 is 23.6 Å². The van der Waals surface area contributed by atoms with Gasteiger partial charge in [-0.3, -0.25) is 4.79 Å². The second kappa shape index (κ2) is 7.12. The lowest BCUT2D eigenvalue weighted by atomic mass is 9.33. The lowest BCUT2D eigenvalue weighted by molar-refractivity contribution is -0.231. The molecule has 5 aliphatic carbocycles. The molecule has 0 spiro atoms. The number of rotatable bonds is 1. The molecule has 4 nitrogen and oxygen atoms in total. The predicted octanol–water partition coefficient (Wildman–Crippen LogP) is 6.20. The Morgan fingerprint density at radius 2 is 1.53 bits per heavy atom. The average Bonchev–Trinajstić information content (AvgIpc) is 2.72. The van der Waals surface area contributed by atoms with Crippen molar-refractivity contribution in [3.63, 3.8) is 0 Å². The van der Waals surface area contributed by atoms with Crippen LogP contribution in [-0.4, -0.2) is 33.5 Å². The molecular formula is C30H48O4. The van der Waals surface area contributed by atoms with Gasteiger partial charge in [0.25, 0.3) is 0 Å². The van der Waals surface area contributed by atoms with Gasteiger partial charge in [0.15, 0.2) is 0 Å². The topological polar surface area (TPSA) is 77.8 Å². The molecule has 0 saturated heterocycles. The van der Waals surface area contributed by atoms with E-state index in [9.17, 15) is 20.1 Å². The molecule has 0 bridgehead atoms. The van der Waals surface area contributed by atoms with Gasteiger partial charge < -0.3 is 15.3 Å². The van der Waals surface area contributed by atoms with Gasteiger partial charge in [0, 0.05) is 0 Å². The zero-order valence-corrected chi connectivity index (χ0v) is 22.6. The summed E-state index contributed by atoms with van der Waals surface area (Å²) < 4.78 is 0. The highest BCUT2D eigenvalue weighted by Crippen LogP contribution is 2.75. The van der Waals surface area contributed by atoms with Crippen LogP contribution >= 0.6 is 0 Å². The average molecular weight is 473 g/mol. The number of carboxylic acids is 1. The Morgan fingerprint density at radius 1 is 0.882 bits per heavy atom. The Balaban J connectivity index is 1.61. The fourth-order valence-corrected chi connectivity index (χ4v) is 10.8. The van der Waals surface area contributed by atoms with Gasteiger partial charge in [-0.15, -0.1) is 0 Å². The smallest absolute Gasteiger partial charge is 0.310 e. The van der Waals surface area contributed by atoms with Crippen LogP contribution in [0.15, 0.2) is 11.6 Å². The Kier molecular flexibility index (Phi) is 5.20. The van der Waals surface area contributed by atoms with E-state index >= 15 is 0 Å². The molecule has 5 aliphatic rings. The SMILES string of the molecule is CC1(C)CC[C@]2(C(=O)O)CC[C@]3(C)C(=CCC4[C@@]5(C)C[C@@H](O)[C@H](O)C(C)(C)C5CC[C@]43C)C2C1. The first kappa shape index (κ1) is 24.8. The summed E-state index contributed by atoms with van der Waals surface area (Å²) in [6.45, 7) is 16.3. The normalized spacial score (nSPS) is 53.4. The van der Waals surface area contributed by atoms with Crippen molar-refractivity contribution in [2.24, 2.45) is 50.2 Å². The van der Waals surface area contributed by atoms with Gasteiger partial charge >= 0.3 is 5.97 Å². The Bertz CT molecular complexity index is 919. The molecule has 5 rings (SSSR count). The molecule has 0 aromatic carbocycles. The number of aliphatic carboxylic acids is 1. The molecule has 9 atom stereocenters. The second-order valence-electron chi connectivity index (χ2n) is 15.2. The number of hydrogen-bond donors (Lipinski definition) is 3. The summed E-state index contributed by atoms with van der Waals surface area (Å²) in [4.78, 5) is 12.8. The van der Waals surface area contributed by atoms with Crippen LogP contribution in [0.2, 0.25) is 0 Å². The molecule has 0 aromatic rings. The highest BCUT2D eigenvalue weighted by Gasteiger charge is 2.70. The minimum Gasteiger partial charge on any atom is -0.481 e. The van der Waals surface area contributed by atoms with E-state index in [0.29, 0.717) is 18.3 Å². The third-order valence-corrected chi connectivity index (χ3v) is 13.0. The summed E-state index contributed by atoms with van der Waals surface area (Å²) >= 11 is 0. The van der Waals surface area contributed by atoms with Crippen molar-refractivity contribution in [1.82, 2.24) is 0 Å². The molecule has 0 aliphatic heterocycles. The van der Waals surface area contributed by atoms with Gasteiger partial charge in [-0.2, -0.15) is 0 Å². The molecule has 34 heavy (non-hydrogen) atoms. The van der Waals surface area contributed by atoms with Crippen molar-refractivity contribution in [1.29, 1.82) is 0 Å². The monoisotopic (exact) mass is 472 g/mol. The van der Waals surface area contributed by atoms with E-state index in [0.717, 1.165) is 51.4 Å². The number of carbonyl (C=O) groups is 1. The highest BCUT2D eigenvalue weighted by atomic mass is 16.4. The van der Waals surface area contributed by atoms with E-state index in [1.165, 1.54) is 5.57 Å². The van der Waals surface area contributed by atoms with Crippen LogP contribution in [0.5, 0.6) is 0 Å². The zero-order valence-electron chi connectivity index (χ0n) is 22.6. The molecule has 4 saturated carbocycles. The summed E-state index contributed by atoms with van der Waals surface area (Å²) in [6.07, 6.45) is 9.45. The number of aliphatic hydroxyl groups excluding tert-OH is 2. The molecule has 192 valence electrons. The third-order valence-electron chi connectivity index (χ3n) is 13.0. The largest absolute Gasteiger partial charge is 0.481 e. The first-order valence-corrected chi connectivity index (χ1v) is 13.9. The van der Waals surface area contributed by atoms with E-state index in [4.69, 9.17) is 0 Å². The summed E-state index contributed by atoms with van der Waals surface area (Å²) in [7, 11) is 0. The van der Waals surface area contributed by atoms with Crippen LogP contribution in [0.1, 0.15) is 106 Å². The molecule has 0 heterocycles. The van der Waals surface area contributed by atoms with Crippen LogP contribution in [0, 0.1) is 50.2 Å². The van der Waals surface area contributed by atoms with Crippen molar-refractivity contribution in [2.75, 3.05) is 0 Å². The van der Waals surface area contributed by atoms with Gasteiger partial charge in [-0.1, -0.05) is 60.1 Å². The minimum absolute atomic E-state index is 0.00785.